The number of hydrogen-bond donors (Lipinski definition) is 2. The Balaban J connectivity index is 0.00000264. The third kappa shape index (κ3) is 6.14. The van der Waals surface area contributed by atoms with E-state index in [0.29, 0.717) is 24.7 Å². The van der Waals surface area contributed by atoms with Gasteiger partial charge in [0.2, 0.25) is 11.8 Å². The summed E-state index contributed by atoms with van der Waals surface area (Å²) in [5.41, 5.74) is 0.919. The van der Waals surface area contributed by atoms with Crippen LogP contribution in [0.25, 0.3) is 0 Å². The Morgan fingerprint density at radius 2 is 1.87 bits per heavy atom. The van der Waals surface area contributed by atoms with Crippen LogP contribution in [0.4, 0.5) is 0 Å². The molecule has 1 heterocycles. The highest BCUT2D eigenvalue weighted by molar-refractivity contribution is 5.85. The molecule has 6 nitrogen and oxygen atoms in total. The Bertz CT molecular complexity index is 620. The molecule has 0 bridgehead atoms. The number of amides is 1. The van der Waals surface area contributed by atoms with Crippen molar-refractivity contribution >= 4 is 18.3 Å². The van der Waals surface area contributed by atoms with E-state index in [9.17, 15) is 4.79 Å². The van der Waals surface area contributed by atoms with Gasteiger partial charge in [-0.05, 0) is 42.9 Å². The molecule has 1 amide bonds. The largest absolute Gasteiger partial charge is 0.497 e. The molecule has 0 saturated heterocycles. The monoisotopic (exact) mass is 337 g/mol. The summed E-state index contributed by atoms with van der Waals surface area (Å²) < 4.78 is 10.8. The number of aromatic nitrogens is 1. The fourth-order valence-electron chi connectivity index (χ4n) is 1.80. The molecule has 0 fully saturated rings. The van der Waals surface area contributed by atoms with Gasteiger partial charge in [-0.1, -0.05) is 0 Å². The molecule has 0 atom stereocenters. The number of rotatable bonds is 7. The Kier molecular flexibility index (Phi) is 7.87. The summed E-state index contributed by atoms with van der Waals surface area (Å²) in [6.07, 6.45) is 1.65. The average Bonchev–Trinajstić information content (AvgIpc) is 2.54. The van der Waals surface area contributed by atoms with Gasteiger partial charge in [-0.25, -0.2) is 4.98 Å². The van der Waals surface area contributed by atoms with Gasteiger partial charge in [0, 0.05) is 18.8 Å². The maximum absolute atomic E-state index is 11.4. The van der Waals surface area contributed by atoms with Gasteiger partial charge in [0.1, 0.15) is 11.5 Å². The number of ether oxygens (including phenoxy) is 2. The Morgan fingerprint density at radius 3 is 2.52 bits per heavy atom. The number of benzene rings is 1. The number of nitrogens with one attached hydrogen (secondary N) is 2. The Morgan fingerprint density at radius 1 is 1.17 bits per heavy atom. The standard InChI is InChI=1S/C16H19N3O3.ClH/c1-17-11-15(20)19-10-12-7-8-18-16(9-12)22-14-5-3-13(21-2)4-6-14;/h3-9,17H,10-11H2,1-2H3,(H,19,20);1H. The lowest BCUT2D eigenvalue weighted by atomic mass is 10.2. The second-order valence-corrected chi connectivity index (χ2v) is 4.59. The predicted molar refractivity (Wildman–Crippen MR) is 90.3 cm³/mol. The van der Waals surface area contributed by atoms with E-state index in [0.717, 1.165) is 11.3 Å². The first-order valence-corrected chi connectivity index (χ1v) is 6.89. The van der Waals surface area contributed by atoms with E-state index in [1.165, 1.54) is 0 Å². The van der Waals surface area contributed by atoms with Gasteiger partial charge in [-0.15, -0.1) is 12.4 Å². The molecule has 2 N–H and O–H groups in total. The highest BCUT2D eigenvalue weighted by Gasteiger charge is 2.03. The van der Waals surface area contributed by atoms with Gasteiger partial charge in [0.05, 0.1) is 13.7 Å². The van der Waals surface area contributed by atoms with E-state index >= 15 is 0 Å². The second-order valence-electron chi connectivity index (χ2n) is 4.59. The molecule has 0 aliphatic carbocycles. The first-order chi connectivity index (χ1) is 10.7. The van der Waals surface area contributed by atoms with Crippen molar-refractivity contribution in [2.75, 3.05) is 20.7 Å². The van der Waals surface area contributed by atoms with Gasteiger partial charge in [-0.3, -0.25) is 4.79 Å². The van der Waals surface area contributed by atoms with Crippen LogP contribution in [0.15, 0.2) is 42.6 Å². The third-order valence-electron chi connectivity index (χ3n) is 2.91. The molecular formula is C16H20ClN3O3. The minimum atomic E-state index is -0.0584. The fraction of sp³-hybridized carbons (Fsp3) is 0.250. The molecule has 0 aliphatic rings. The van der Waals surface area contributed by atoms with Crippen molar-refractivity contribution in [2.45, 2.75) is 6.54 Å². The summed E-state index contributed by atoms with van der Waals surface area (Å²) in [6.45, 7) is 0.724. The Labute approximate surface area is 141 Å². The SMILES string of the molecule is CNCC(=O)NCc1ccnc(Oc2ccc(OC)cc2)c1.Cl. The summed E-state index contributed by atoms with van der Waals surface area (Å²) in [5, 5.41) is 5.60. The zero-order valence-electron chi connectivity index (χ0n) is 13.0. The van der Waals surface area contributed by atoms with Crippen molar-refractivity contribution in [3.05, 3.63) is 48.2 Å². The molecule has 2 aromatic rings. The van der Waals surface area contributed by atoms with Crippen LogP contribution in [0.2, 0.25) is 0 Å². The molecular weight excluding hydrogens is 318 g/mol. The lowest BCUT2D eigenvalue weighted by molar-refractivity contribution is -0.120. The summed E-state index contributed by atoms with van der Waals surface area (Å²) in [7, 11) is 3.34. The molecule has 1 aromatic carbocycles. The summed E-state index contributed by atoms with van der Waals surface area (Å²) >= 11 is 0. The molecule has 0 aliphatic heterocycles. The van der Waals surface area contributed by atoms with Crippen molar-refractivity contribution in [1.29, 1.82) is 0 Å². The molecule has 124 valence electrons. The number of halogens is 1. The van der Waals surface area contributed by atoms with Crippen LogP contribution < -0.4 is 20.1 Å². The highest BCUT2D eigenvalue weighted by atomic mass is 35.5. The van der Waals surface area contributed by atoms with Gasteiger partial charge in [-0.2, -0.15) is 0 Å². The van der Waals surface area contributed by atoms with E-state index in [4.69, 9.17) is 9.47 Å². The van der Waals surface area contributed by atoms with Crippen LogP contribution in [0.1, 0.15) is 5.56 Å². The van der Waals surface area contributed by atoms with Gasteiger partial charge in [0.15, 0.2) is 0 Å². The topological polar surface area (TPSA) is 72.5 Å². The van der Waals surface area contributed by atoms with Gasteiger partial charge in [0.25, 0.3) is 0 Å². The maximum atomic E-state index is 11.4. The van der Waals surface area contributed by atoms with Gasteiger partial charge >= 0.3 is 0 Å². The second kappa shape index (κ2) is 9.66. The summed E-state index contributed by atoms with van der Waals surface area (Å²) in [6, 6.07) is 10.9. The lowest BCUT2D eigenvalue weighted by Gasteiger charge is -2.08. The number of carbonyl (C=O) groups is 1. The molecule has 0 radical (unpaired) electrons. The Hall–Kier alpha value is -2.31. The number of methoxy groups -OCH3 is 1. The van der Waals surface area contributed by atoms with Crippen molar-refractivity contribution in [2.24, 2.45) is 0 Å². The van der Waals surface area contributed by atoms with Gasteiger partial charge < -0.3 is 20.1 Å². The smallest absolute Gasteiger partial charge is 0.234 e. The van der Waals surface area contributed by atoms with E-state index in [1.807, 2.05) is 30.3 Å². The molecule has 1 aromatic heterocycles. The zero-order valence-corrected chi connectivity index (χ0v) is 13.9. The molecule has 0 unspecified atom stereocenters. The van der Waals surface area contributed by atoms with E-state index in [1.54, 1.807) is 26.4 Å². The van der Waals surface area contributed by atoms with Crippen LogP contribution in [-0.2, 0) is 11.3 Å². The van der Waals surface area contributed by atoms with Crippen molar-refractivity contribution in [1.82, 2.24) is 15.6 Å². The number of hydrogen-bond acceptors (Lipinski definition) is 5. The zero-order chi connectivity index (χ0) is 15.8. The number of pyridine rings is 1. The molecule has 0 saturated carbocycles. The normalized spacial score (nSPS) is 9.65. The number of likely N-dealkylation sites (N-methyl/N-ethyl adjacent to an activating group) is 1. The minimum Gasteiger partial charge on any atom is -0.497 e. The minimum absolute atomic E-state index is 0. The number of carbonyl (C=O) groups excluding carboxylic acids is 1. The lowest BCUT2D eigenvalue weighted by Crippen LogP contribution is -2.31. The van der Waals surface area contributed by atoms with Crippen LogP contribution in [0, 0.1) is 0 Å². The summed E-state index contributed by atoms with van der Waals surface area (Å²) in [5.74, 6) is 1.86. The average molecular weight is 338 g/mol. The van der Waals surface area contributed by atoms with E-state index in [2.05, 4.69) is 15.6 Å². The van der Waals surface area contributed by atoms with E-state index in [-0.39, 0.29) is 18.3 Å². The molecule has 23 heavy (non-hydrogen) atoms. The molecule has 0 spiro atoms. The highest BCUT2D eigenvalue weighted by Crippen LogP contribution is 2.22. The summed E-state index contributed by atoms with van der Waals surface area (Å²) in [4.78, 5) is 15.6. The maximum Gasteiger partial charge on any atom is 0.234 e. The van der Waals surface area contributed by atoms with Crippen molar-refractivity contribution in [3.63, 3.8) is 0 Å². The molecule has 2 rings (SSSR count). The van der Waals surface area contributed by atoms with Crippen LogP contribution >= 0.6 is 12.4 Å². The first kappa shape index (κ1) is 18.7. The van der Waals surface area contributed by atoms with Crippen molar-refractivity contribution < 1.29 is 14.3 Å². The van der Waals surface area contributed by atoms with E-state index < -0.39 is 0 Å². The molecule has 7 heteroatoms. The van der Waals surface area contributed by atoms with Crippen LogP contribution in [-0.4, -0.2) is 31.6 Å². The predicted octanol–water partition coefficient (Wildman–Crippen LogP) is 2.14. The first-order valence-electron chi connectivity index (χ1n) is 6.89. The quantitative estimate of drug-likeness (QED) is 0.810. The fourth-order valence-corrected chi connectivity index (χ4v) is 1.80. The van der Waals surface area contributed by atoms with Crippen LogP contribution in [0.3, 0.4) is 0 Å². The number of nitrogens with zero attached hydrogens (tertiary/aromatic N) is 1. The van der Waals surface area contributed by atoms with Crippen LogP contribution in [0.5, 0.6) is 17.4 Å². The third-order valence-corrected chi connectivity index (χ3v) is 2.91. The van der Waals surface area contributed by atoms with Crippen molar-refractivity contribution in [3.8, 4) is 17.4 Å².